The number of aliphatic hydroxyl groups is 1. The van der Waals surface area contributed by atoms with Crippen LogP contribution < -0.4 is 5.32 Å². The highest BCUT2D eigenvalue weighted by Gasteiger charge is 2.29. The van der Waals surface area contributed by atoms with E-state index in [9.17, 15) is 9.59 Å². The van der Waals surface area contributed by atoms with Crippen LogP contribution in [-0.2, 0) is 14.3 Å². The molecular weight excluding hydrogens is 290 g/mol. The molecule has 0 unspecified atom stereocenters. The van der Waals surface area contributed by atoms with Crippen LogP contribution in [0.4, 0.5) is 5.69 Å². The van der Waals surface area contributed by atoms with E-state index in [0.717, 1.165) is 4.90 Å². The number of anilines is 1. The number of thioether (sulfide) groups is 1. The maximum Gasteiger partial charge on any atom is 0.307 e. The summed E-state index contributed by atoms with van der Waals surface area (Å²) < 4.78 is 4.75. The fourth-order valence-corrected chi connectivity index (χ4v) is 2.87. The predicted octanol–water partition coefficient (Wildman–Crippen LogP) is 1.68. The molecule has 0 radical (unpaired) electrons. The van der Waals surface area contributed by atoms with Gasteiger partial charge < -0.3 is 15.2 Å². The van der Waals surface area contributed by atoms with Crippen LogP contribution in [-0.4, -0.2) is 35.4 Å². The molecule has 7 heteroatoms. The third-order valence-electron chi connectivity index (χ3n) is 2.47. The summed E-state index contributed by atoms with van der Waals surface area (Å²) in [6.07, 6.45) is -0.0292. The summed E-state index contributed by atoms with van der Waals surface area (Å²) in [4.78, 5) is 24.1. The Bertz CT molecular complexity index is 509. The molecule has 1 atom stereocenters. The zero-order chi connectivity index (χ0) is 13.8. The summed E-state index contributed by atoms with van der Waals surface area (Å²) in [5.74, 6) is -0.750. The van der Waals surface area contributed by atoms with E-state index < -0.39 is 11.2 Å². The fraction of sp³-hybridized carbons (Fsp3) is 0.333. The van der Waals surface area contributed by atoms with Crippen molar-refractivity contribution in [3.63, 3.8) is 0 Å². The first-order chi connectivity index (χ1) is 9.10. The van der Waals surface area contributed by atoms with E-state index in [1.54, 1.807) is 18.2 Å². The first-order valence-electron chi connectivity index (χ1n) is 5.63. The van der Waals surface area contributed by atoms with Gasteiger partial charge in [-0.05, 0) is 18.2 Å². The number of nitrogens with one attached hydrogen (secondary N) is 1. The summed E-state index contributed by atoms with van der Waals surface area (Å²) in [7, 11) is 0. The first kappa shape index (κ1) is 14.2. The molecular formula is C12H12ClNO4S. The quantitative estimate of drug-likeness (QED) is 0.828. The number of amides is 1. The van der Waals surface area contributed by atoms with Crippen LogP contribution in [0.2, 0.25) is 5.02 Å². The zero-order valence-corrected chi connectivity index (χ0v) is 11.5. The second-order valence-corrected chi connectivity index (χ2v) is 5.57. The summed E-state index contributed by atoms with van der Waals surface area (Å²) in [5.41, 5.74) is 0.655. The van der Waals surface area contributed by atoms with Crippen LogP contribution >= 0.6 is 23.4 Å². The topological polar surface area (TPSA) is 75.6 Å². The van der Waals surface area contributed by atoms with Crippen LogP contribution in [0.3, 0.4) is 0 Å². The van der Waals surface area contributed by atoms with Crippen molar-refractivity contribution in [3.05, 3.63) is 23.2 Å². The van der Waals surface area contributed by atoms with Gasteiger partial charge in [0.1, 0.15) is 6.61 Å². The Morgan fingerprint density at radius 1 is 1.53 bits per heavy atom. The molecule has 1 aliphatic heterocycles. The van der Waals surface area contributed by atoms with Gasteiger partial charge in [-0.1, -0.05) is 11.6 Å². The highest BCUT2D eigenvalue weighted by molar-refractivity contribution is 8.01. The molecule has 1 aromatic rings. The van der Waals surface area contributed by atoms with Crippen molar-refractivity contribution in [2.45, 2.75) is 16.6 Å². The van der Waals surface area contributed by atoms with Crippen molar-refractivity contribution < 1.29 is 19.4 Å². The van der Waals surface area contributed by atoms with E-state index in [4.69, 9.17) is 21.4 Å². The molecule has 1 heterocycles. The van der Waals surface area contributed by atoms with Gasteiger partial charge in [0, 0.05) is 9.92 Å². The molecule has 0 aromatic heterocycles. The Kier molecular flexibility index (Phi) is 4.68. The van der Waals surface area contributed by atoms with Crippen molar-refractivity contribution in [2.75, 3.05) is 18.5 Å². The van der Waals surface area contributed by atoms with Gasteiger partial charge in [-0.3, -0.25) is 9.59 Å². The van der Waals surface area contributed by atoms with Crippen molar-refractivity contribution in [3.8, 4) is 0 Å². The minimum Gasteiger partial charge on any atom is -0.463 e. The highest BCUT2D eigenvalue weighted by Crippen LogP contribution is 2.38. The molecule has 1 amide bonds. The fourth-order valence-electron chi connectivity index (χ4n) is 1.63. The van der Waals surface area contributed by atoms with Gasteiger partial charge in [0.2, 0.25) is 5.91 Å². The monoisotopic (exact) mass is 301 g/mol. The average molecular weight is 302 g/mol. The molecule has 0 spiro atoms. The summed E-state index contributed by atoms with van der Waals surface area (Å²) in [6.45, 7) is -0.277. The number of fused-ring (bicyclic) bond motifs is 1. The van der Waals surface area contributed by atoms with E-state index in [-0.39, 0.29) is 25.5 Å². The van der Waals surface area contributed by atoms with Crippen molar-refractivity contribution >= 4 is 40.9 Å². The second-order valence-electron chi connectivity index (χ2n) is 3.88. The summed E-state index contributed by atoms with van der Waals surface area (Å²) >= 11 is 7.15. The number of carbonyl (C=O) groups is 2. The Morgan fingerprint density at radius 2 is 2.32 bits per heavy atom. The van der Waals surface area contributed by atoms with Crippen LogP contribution in [0.5, 0.6) is 0 Å². The van der Waals surface area contributed by atoms with E-state index >= 15 is 0 Å². The Hall–Kier alpha value is -1.24. The van der Waals surface area contributed by atoms with Crippen LogP contribution in [0.1, 0.15) is 6.42 Å². The molecule has 102 valence electrons. The van der Waals surface area contributed by atoms with Crippen molar-refractivity contribution in [1.82, 2.24) is 0 Å². The summed E-state index contributed by atoms with van der Waals surface area (Å²) in [5, 5.41) is 11.3. The molecule has 5 nitrogen and oxygen atoms in total. The maximum absolute atomic E-state index is 11.8. The third kappa shape index (κ3) is 3.62. The number of benzene rings is 1. The van der Waals surface area contributed by atoms with Gasteiger partial charge in [0.15, 0.2) is 0 Å². The lowest BCUT2D eigenvalue weighted by molar-refractivity contribution is -0.145. The van der Waals surface area contributed by atoms with E-state index in [1.165, 1.54) is 11.8 Å². The van der Waals surface area contributed by atoms with Gasteiger partial charge in [0.25, 0.3) is 0 Å². The molecule has 0 fully saturated rings. The number of esters is 1. The number of hydrogen-bond acceptors (Lipinski definition) is 5. The van der Waals surface area contributed by atoms with Gasteiger partial charge >= 0.3 is 5.97 Å². The van der Waals surface area contributed by atoms with Crippen LogP contribution in [0, 0.1) is 0 Å². The average Bonchev–Trinajstić information content (AvgIpc) is 2.37. The standard InChI is InChI=1S/C12H12ClNO4S/c13-7-1-2-9-8(5-7)14-12(17)10(19-9)6-11(16)18-4-3-15/h1-2,5,10,15H,3-4,6H2,(H,14,17)/t10-/m0/s1. The number of carbonyl (C=O) groups excluding carboxylic acids is 2. The lowest BCUT2D eigenvalue weighted by Crippen LogP contribution is -2.31. The van der Waals surface area contributed by atoms with Crippen LogP contribution in [0.15, 0.2) is 23.1 Å². The smallest absolute Gasteiger partial charge is 0.307 e. The van der Waals surface area contributed by atoms with E-state index in [2.05, 4.69) is 5.32 Å². The lowest BCUT2D eigenvalue weighted by Gasteiger charge is -2.23. The summed E-state index contributed by atoms with van der Waals surface area (Å²) in [6, 6.07) is 5.20. The van der Waals surface area contributed by atoms with Crippen LogP contribution in [0.25, 0.3) is 0 Å². The highest BCUT2D eigenvalue weighted by atomic mass is 35.5. The second kappa shape index (κ2) is 6.27. The number of rotatable bonds is 4. The molecule has 2 N–H and O–H groups in total. The Labute approximate surface area is 119 Å². The largest absolute Gasteiger partial charge is 0.463 e. The molecule has 1 aromatic carbocycles. The lowest BCUT2D eigenvalue weighted by atomic mass is 10.2. The molecule has 0 saturated carbocycles. The minimum atomic E-state index is -0.528. The van der Waals surface area contributed by atoms with E-state index in [1.807, 2.05) is 0 Å². The molecule has 2 rings (SSSR count). The predicted molar refractivity (Wildman–Crippen MR) is 72.4 cm³/mol. The number of halogens is 1. The van der Waals surface area contributed by atoms with Crippen molar-refractivity contribution in [1.29, 1.82) is 0 Å². The molecule has 19 heavy (non-hydrogen) atoms. The molecule has 0 saturated heterocycles. The van der Waals surface area contributed by atoms with E-state index in [0.29, 0.717) is 10.7 Å². The SMILES string of the molecule is O=C(C[C@@H]1Sc2ccc(Cl)cc2NC1=O)OCCO. The van der Waals surface area contributed by atoms with Gasteiger partial charge in [0.05, 0.1) is 24.0 Å². The Morgan fingerprint density at radius 3 is 3.05 bits per heavy atom. The van der Waals surface area contributed by atoms with Gasteiger partial charge in [-0.15, -0.1) is 11.8 Å². The van der Waals surface area contributed by atoms with Crippen molar-refractivity contribution in [2.24, 2.45) is 0 Å². The molecule has 0 aliphatic carbocycles. The van der Waals surface area contributed by atoms with Gasteiger partial charge in [-0.2, -0.15) is 0 Å². The molecule has 1 aliphatic rings. The number of aliphatic hydroxyl groups excluding tert-OH is 1. The molecule has 0 bridgehead atoms. The third-order valence-corrected chi connectivity index (χ3v) is 3.98. The Balaban J connectivity index is 2.03. The van der Waals surface area contributed by atoms with Gasteiger partial charge in [-0.25, -0.2) is 0 Å². The first-order valence-corrected chi connectivity index (χ1v) is 6.89. The number of ether oxygens (including phenoxy) is 1. The zero-order valence-electron chi connectivity index (χ0n) is 9.89. The minimum absolute atomic E-state index is 0.0292. The normalized spacial score (nSPS) is 17.6. The maximum atomic E-state index is 11.8. The number of hydrogen-bond donors (Lipinski definition) is 2.